The number of hydrogen-bond donors (Lipinski definition) is 4. The highest BCUT2D eigenvalue weighted by molar-refractivity contribution is 6.11. The Morgan fingerprint density at radius 1 is 0.550 bits per heavy atom. The number of hydroxylamine groups is 1. The summed E-state index contributed by atoms with van der Waals surface area (Å²) in [5, 5.41) is 13.8. The van der Waals surface area contributed by atoms with Crippen molar-refractivity contribution in [3.05, 3.63) is 0 Å². The predicted molar refractivity (Wildman–Crippen MR) is 210 cm³/mol. The van der Waals surface area contributed by atoms with E-state index in [9.17, 15) is 24.0 Å². The van der Waals surface area contributed by atoms with E-state index in [1.54, 1.807) is 7.11 Å². The van der Waals surface area contributed by atoms with Crippen LogP contribution in [-0.4, -0.2) is 212 Å². The van der Waals surface area contributed by atoms with Crippen molar-refractivity contribution >= 4 is 29.5 Å². The molecule has 1 saturated carbocycles. The van der Waals surface area contributed by atoms with E-state index in [4.69, 9.17) is 66.8 Å². The maximum atomic E-state index is 12.3. The molecule has 0 aromatic heterocycles. The Morgan fingerprint density at radius 3 is 1.25 bits per heavy atom. The number of carbonyl (C=O) groups excluding carboxylic acids is 4. The number of unbranched alkanes of at least 4 members (excludes halogenated alkanes) is 1. The zero-order valence-corrected chi connectivity index (χ0v) is 35.2. The number of nitrogens with one attached hydrogen (secondary N) is 3. The Morgan fingerprint density at radius 2 is 0.900 bits per heavy atom. The molecule has 0 aromatic rings. The van der Waals surface area contributed by atoms with E-state index in [2.05, 4.69) is 10.6 Å². The van der Waals surface area contributed by atoms with Crippen molar-refractivity contribution in [1.82, 2.24) is 16.1 Å². The normalized spacial score (nSPS) is 13.6. The van der Waals surface area contributed by atoms with Gasteiger partial charge in [-0.1, -0.05) is 0 Å². The molecule has 3 amide bonds. The van der Waals surface area contributed by atoms with Gasteiger partial charge in [-0.3, -0.25) is 24.0 Å². The first kappa shape index (κ1) is 55.0. The predicted octanol–water partition coefficient (Wildman–Crippen LogP) is -0.523. The van der Waals surface area contributed by atoms with Gasteiger partial charge in [0.25, 0.3) is 5.91 Å². The van der Waals surface area contributed by atoms with Crippen LogP contribution in [0.3, 0.4) is 0 Å². The van der Waals surface area contributed by atoms with Crippen molar-refractivity contribution in [3.8, 4) is 0 Å². The number of carboxylic acid groups (broad SMARTS) is 1. The summed E-state index contributed by atoms with van der Waals surface area (Å²) >= 11 is 0. The van der Waals surface area contributed by atoms with Gasteiger partial charge < -0.3 is 72.6 Å². The second-order valence-electron chi connectivity index (χ2n) is 12.7. The summed E-state index contributed by atoms with van der Waals surface area (Å²) in [5.74, 6) is -1.92. The van der Waals surface area contributed by atoms with Crippen LogP contribution in [0.25, 0.3) is 0 Å². The zero-order valence-electron chi connectivity index (χ0n) is 35.2. The van der Waals surface area contributed by atoms with Crippen LogP contribution in [0.15, 0.2) is 0 Å². The van der Waals surface area contributed by atoms with Crippen LogP contribution in [0.4, 0.5) is 4.79 Å². The first-order valence-corrected chi connectivity index (χ1v) is 20.5. The number of rotatable bonds is 45. The highest BCUT2D eigenvalue weighted by Crippen LogP contribution is 2.13. The smallest absolute Gasteiger partial charge is 0.405 e. The summed E-state index contributed by atoms with van der Waals surface area (Å²) in [4.78, 5) is 63.6. The maximum absolute atomic E-state index is 12.3. The average molecular weight is 872 g/mol. The minimum Gasteiger partial charge on any atom is -0.465 e. The molecule has 0 aliphatic heterocycles. The highest BCUT2D eigenvalue weighted by atomic mass is 16.7. The van der Waals surface area contributed by atoms with E-state index in [1.165, 1.54) is 0 Å². The molecule has 1 unspecified atom stereocenters. The van der Waals surface area contributed by atoms with Crippen molar-refractivity contribution < 1.29 is 90.8 Å². The molecule has 0 saturated heterocycles. The maximum Gasteiger partial charge on any atom is 0.405 e. The fourth-order valence-corrected chi connectivity index (χ4v) is 4.82. The minimum absolute atomic E-state index is 0.0385. The average Bonchev–Trinajstić information content (AvgIpc) is 3.56. The van der Waals surface area contributed by atoms with Gasteiger partial charge in [-0.2, -0.15) is 0 Å². The van der Waals surface area contributed by atoms with Gasteiger partial charge in [-0.25, -0.2) is 10.3 Å². The molecule has 22 heteroatoms. The molecule has 1 aliphatic carbocycles. The van der Waals surface area contributed by atoms with Crippen LogP contribution in [0.5, 0.6) is 0 Å². The summed E-state index contributed by atoms with van der Waals surface area (Å²) in [6.45, 7) is 10.8. The van der Waals surface area contributed by atoms with Crippen molar-refractivity contribution in [2.45, 2.75) is 50.7 Å². The van der Waals surface area contributed by atoms with Crippen LogP contribution in [0.2, 0.25) is 0 Å². The number of ether oxygens (including phenoxy) is 12. The lowest BCUT2D eigenvalue weighted by molar-refractivity contribution is -0.151. The van der Waals surface area contributed by atoms with Crippen LogP contribution >= 0.6 is 0 Å². The molecule has 0 aromatic carbocycles. The molecular weight excluding hydrogens is 802 g/mol. The number of Topliss-reactive ketones (excluding diaryl/α,β-unsaturated/α-hetero) is 2. The van der Waals surface area contributed by atoms with Crippen molar-refractivity contribution in [1.29, 1.82) is 0 Å². The van der Waals surface area contributed by atoms with Gasteiger partial charge in [0.1, 0.15) is 6.04 Å². The molecule has 1 rings (SSSR count). The van der Waals surface area contributed by atoms with Gasteiger partial charge in [0, 0.05) is 32.9 Å². The van der Waals surface area contributed by atoms with E-state index in [0.717, 1.165) is 0 Å². The molecule has 1 atom stereocenters. The number of methoxy groups -OCH3 is 1. The fraction of sp³-hybridized carbons (Fsp3) is 0.868. The topological polar surface area (TPSA) is 262 Å². The molecule has 0 radical (unpaired) electrons. The third-order valence-corrected chi connectivity index (χ3v) is 7.96. The zero-order chi connectivity index (χ0) is 43.6. The van der Waals surface area contributed by atoms with Gasteiger partial charge in [0.15, 0.2) is 11.6 Å². The Labute approximate surface area is 352 Å². The van der Waals surface area contributed by atoms with Gasteiger partial charge in [-0.15, -0.1) is 0 Å². The number of ketones is 2. The lowest BCUT2D eigenvalue weighted by Crippen LogP contribution is -2.48. The minimum atomic E-state index is -1.42. The van der Waals surface area contributed by atoms with Crippen molar-refractivity contribution in [2.75, 3.05) is 166 Å². The second-order valence-corrected chi connectivity index (χ2v) is 12.7. The summed E-state index contributed by atoms with van der Waals surface area (Å²) < 4.78 is 64.7. The second kappa shape index (κ2) is 41.4. The Balaban J connectivity index is 1.76. The van der Waals surface area contributed by atoms with E-state index < -0.39 is 35.7 Å². The largest absolute Gasteiger partial charge is 0.465 e. The van der Waals surface area contributed by atoms with Gasteiger partial charge in [0.05, 0.1) is 152 Å². The molecular formula is C38H69N3O19. The Kier molecular flexibility index (Phi) is 38.0. The van der Waals surface area contributed by atoms with Crippen LogP contribution in [0.1, 0.15) is 38.5 Å². The van der Waals surface area contributed by atoms with Crippen LogP contribution < -0.4 is 16.1 Å². The number of hydrogen-bond acceptors (Lipinski definition) is 18. The standard InChI is InChI=1S/C38H69N3O19/c1-48-10-11-50-14-15-52-18-19-54-22-23-56-26-27-58-30-31-59-29-28-57-25-24-55-21-20-53-17-16-51-13-12-49-9-7-35(44)39-8-3-2-4-32(40-38(46)47)37(45)41-60-36-33(42)5-6-34(36)43/h32,36,40H,2-31H2,1H3,(H,39,44)(H,41,45)(H,46,47). The van der Waals surface area contributed by atoms with Crippen LogP contribution in [0, 0.1) is 0 Å². The monoisotopic (exact) mass is 871 g/mol. The first-order valence-electron chi connectivity index (χ1n) is 20.5. The third kappa shape index (κ3) is 34.7. The molecule has 0 heterocycles. The van der Waals surface area contributed by atoms with E-state index in [0.29, 0.717) is 165 Å². The lowest BCUT2D eigenvalue weighted by atomic mass is 10.1. The number of carbonyl (C=O) groups is 5. The fourth-order valence-electron chi connectivity index (χ4n) is 4.82. The Bertz CT molecular complexity index is 1080. The van der Waals surface area contributed by atoms with Crippen molar-refractivity contribution in [2.24, 2.45) is 0 Å². The molecule has 60 heavy (non-hydrogen) atoms. The number of amides is 3. The summed E-state index contributed by atoms with van der Waals surface area (Å²) in [7, 11) is 1.63. The van der Waals surface area contributed by atoms with Gasteiger partial charge >= 0.3 is 6.09 Å². The van der Waals surface area contributed by atoms with Gasteiger partial charge in [0.2, 0.25) is 12.0 Å². The van der Waals surface area contributed by atoms with E-state index >= 15 is 0 Å². The van der Waals surface area contributed by atoms with E-state index in [-0.39, 0.29) is 38.2 Å². The molecule has 0 spiro atoms. The Hall–Kier alpha value is -2.97. The van der Waals surface area contributed by atoms with Crippen molar-refractivity contribution in [3.63, 3.8) is 0 Å². The van der Waals surface area contributed by atoms with E-state index in [1.807, 2.05) is 5.48 Å². The summed E-state index contributed by atoms with van der Waals surface area (Å²) in [5.41, 5.74) is 2.00. The molecule has 4 N–H and O–H groups in total. The quantitative estimate of drug-likeness (QED) is 0.0341. The molecule has 22 nitrogen and oxygen atoms in total. The lowest BCUT2D eigenvalue weighted by Gasteiger charge is -2.17. The first-order chi connectivity index (χ1) is 29.3. The van der Waals surface area contributed by atoms with Gasteiger partial charge in [-0.05, 0) is 19.3 Å². The third-order valence-electron chi connectivity index (χ3n) is 7.96. The summed E-state index contributed by atoms with van der Waals surface area (Å²) in [6.07, 6.45) is -1.56. The molecule has 1 fully saturated rings. The SMILES string of the molecule is COCCOCCOCCOCCOCCOCCOCCOCCOCCOCCOCCOCCC(=O)NCCCCC(NC(=O)O)C(=O)NOC1C(=O)CCC1=O. The molecule has 350 valence electrons. The molecule has 1 aliphatic rings. The van der Waals surface area contributed by atoms with Crippen LogP contribution in [-0.2, 0) is 80.9 Å². The molecule has 0 bridgehead atoms. The summed E-state index contributed by atoms with van der Waals surface area (Å²) in [6, 6.07) is -1.16. The highest BCUT2D eigenvalue weighted by Gasteiger charge is 2.35.